The molecule has 1 nitrogen and oxygen atoms in total. The van der Waals surface area contributed by atoms with Crippen molar-refractivity contribution in [2.75, 3.05) is 11.9 Å². The highest BCUT2D eigenvalue weighted by Crippen LogP contribution is 2.33. The van der Waals surface area contributed by atoms with E-state index >= 15 is 0 Å². The maximum atomic E-state index is 12.6. The summed E-state index contributed by atoms with van der Waals surface area (Å²) in [5, 5.41) is 2.88. The van der Waals surface area contributed by atoms with Gasteiger partial charge >= 0.3 is 6.18 Å². The smallest absolute Gasteiger partial charge is 0.381 e. The molecule has 0 saturated heterocycles. The lowest BCUT2D eigenvalue weighted by Gasteiger charge is -2.13. The predicted octanol–water partition coefficient (Wildman–Crippen LogP) is 4.00. The molecule has 4 heteroatoms. The molecule has 1 N–H and O–H groups in total. The molecule has 0 atom stereocenters. The SMILES string of the molecule is C=C(C)CNc1ccc(C)c(C(F)(F)F)c1. The maximum absolute atomic E-state index is 12.6. The number of hydrogen-bond acceptors (Lipinski definition) is 1. The van der Waals surface area contributed by atoms with Crippen LogP contribution in [-0.2, 0) is 6.18 Å². The van der Waals surface area contributed by atoms with Crippen LogP contribution in [0.3, 0.4) is 0 Å². The van der Waals surface area contributed by atoms with Crippen molar-refractivity contribution in [2.45, 2.75) is 20.0 Å². The van der Waals surface area contributed by atoms with Gasteiger partial charge in [-0.2, -0.15) is 13.2 Å². The van der Waals surface area contributed by atoms with Gasteiger partial charge in [0.15, 0.2) is 0 Å². The molecule has 0 amide bonds. The molecule has 0 aliphatic heterocycles. The van der Waals surface area contributed by atoms with Crippen LogP contribution in [-0.4, -0.2) is 6.54 Å². The Hall–Kier alpha value is -1.45. The highest BCUT2D eigenvalue weighted by atomic mass is 19.4. The average Bonchev–Trinajstić information content (AvgIpc) is 2.14. The molecule has 0 radical (unpaired) electrons. The standard InChI is InChI=1S/C12H14F3N/c1-8(2)7-16-10-5-4-9(3)11(6-10)12(13,14)15/h4-6,16H,1,7H2,2-3H3. The molecule has 0 spiro atoms. The molecule has 0 aromatic heterocycles. The van der Waals surface area contributed by atoms with E-state index in [9.17, 15) is 13.2 Å². The molecule has 88 valence electrons. The van der Waals surface area contributed by atoms with Gasteiger partial charge in [0, 0.05) is 12.2 Å². The van der Waals surface area contributed by atoms with Crippen LogP contribution in [0.15, 0.2) is 30.4 Å². The van der Waals surface area contributed by atoms with E-state index < -0.39 is 11.7 Å². The average molecular weight is 229 g/mol. The minimum atomic E-state index is -4.30. The van der Waals surface area contributed by atoms with E-state index in [0.717, 1.165) is 11.6 Å². The molecule has 1 aromatic carbocycles. The van der Waals surface area contributed by atoms with Crippen molar-refractivity contribution in [3.63, 3.8) is 0 Å². The van der Waals surface area contributed by atoms with Crippen LogP contribution < -0.4 is 5.32 Å². The van der Waals surface area contributed by atoms with E-state index in [1.165, 1.54) is 13.0 Å². The van der Waals surface area contributed by atoms with Crippen molar-refractivity contribution in [3.8, 4) is 0 Å². The van der Waals surface area contributed by atoms with E-state index in [-0.39, 0.29) is 5.56 Å². The maximum Gasteiger partial charge on any atom is 0.416 e. The van der Waals surface area contributed by atoms with Crippen LogP contribution in [0.4, 0.5) is 18.9 Å². The number of anilines is 1. The lowest BCUT2D eigenvalue weighted by Crippen LogP contribution is -2.09. The van der Waals surface area contributed by atoms with Crippen molar-refractivity contribution in [2.24, 2.45) is 0 Å². The Morgan fingerprint density at radius 1 is 1.38 bits per heavy atom. The van der Waals surface area contributed by atoms with Gasteiger partial charge in [0.05, 0.1) is 5.56 Å². The van der Waals surface area contributed by atoms with Gasteiger partial charge in [-0.1, -0.05) is 18.2 Å². The normalized spacial score (nSPS) is 11.3. The molecule has 0 bridgehead atoms. The first kappa shape index (κ1) is 12.6. The summed E-state index contributed by atoms with van der Waals surface area (Å²) in [7, 11) is 0. The molecule has 1 rings (SSSR count). The lowest BCUT2D eigenvalue weighted by molar-refractivity contribution is -0.138. The van der Waals surface area contributed by atoms with Crippen LogP contribution in [0.1, 0.15) is 18.1 Å². The summed E-state index contributed by atoms with van der Waals surface area (Å²) in [5.41, 5.74) is 0.961. The van der Waals surface area contributed by atoms with Crippen LogP contribution in [0.2, 0.25) is 0 Å². The van der Waals surface area contributed by atoms with E-state index in [1.807, 2.05) is 6.92 Å². The lowest BCUT2D eigenvalue weighted by atomic mass is 10.1. The van der Waals surface area contributed by atoms with E-state index in [2.05, 4.69) is 11.9 Å². The second-order valence-electron chi connectivity index (χ2n) is 3.84. The first-order valence-electron chi connectivity index (χ1n) is 4.87. The molecule has 16 heavy (non-hydrogen) atoms. The van der Waals surface area contributed by atoms with Gasteiger partial charge in [0.25, 0.3) is 0 Å². The number of aryl methyl sites for hydroxylation is 1. The third kappa shape index (κ3) is 3.29. The van der Waals surface area contributed by atoms with Gasteiger partial charge in [0.2, 0.25) is 0 Å². The number of benzene rings is 1. The monoisotopic (exact) mass is 229 g/mol. The summed E-state index contributed by atoms with van der Waals surface area (Å²) >= 11 is 0. The van der Waals surface area contributed by atoms with E-state index in [4.69, 9.17) is 0 Å². The first-order valence-corrected chi connectivity index (χ1v) is 4.87. The van der Waals surface area contributed by atoms with Crippen LogP contribution in [0.25, 0.3) is 0 Å². The fourth-order valence-corrected chi connectivity index (χ4v) is 1.29. The third-order valence-corrected chi connectivity index (χ3v) is 2.14. The summed E-state index contributed by atoms with van der Waals surface area (Å²) in [5.74, 6) is 0. The summed E-state index contributed by atoms with van der Waals surface area (Å²) < 4.78 is 37.7. The number of nitrogens with one attached hydrogen (secondary N) is 1. The van der Waals surface area contributed by atoms with E-state index in [1.54, 1.807) is 6.07 Å². The van der Waals surface area contributed by atoms with Gasteiger partial charge in [0.1, 0.15) is 0 Å². The van der Waals surface area contributed by atoms with Crippen LogP contribution >= 0.6 is 0 Å². The Kier molecular flexibility index (Phi) is 3.62. The number of alkyl halides is 3. The molecule has 0 fully saturated rings. The Morgan fingerprint density at radius 3 is 2.50 bits per heavy atom. The zero-order valence-corrected chi connectivity index (χ0v) is 9.28. The van der Waals surface area contributed by atoms with Crippen molar-refractivity contribution in [3.05, 3.63) is 41.5 Å². The van der Waals surface area contributed by atoms with Crippen molar-refractivity contribution >= 4 is 5.69 Å². The van der Waals surface area contributed by atoms with Crippen molar-refractivity contribution in [1.29, 1.82) is 0 Å². The Morgan fingerprint density at radius 2 is 2.00 bits per heavy atom. The number of hydrogen-bond donors (Lipinski definition) is 1. The zero-order valence-electron chi connectivity index (χ0n) is 9.28. The molecule has 0 unspecified atom stereocenters. The second kappa shape index (κ2) is 4.60. The molecular weight excluding hydrogens is 215 g/mol. The van der Waals surface area contributed by atoms with Crippen molar-refractivity contribution < 1.29 is 13.2 Å². The van der Waals surface area contributed by atoms with E-state index in [0.29, 0.717) is 12.2 Å². The molecule has 1 aromatic rings. The molecular formula is C12H14F3N. The quantitative estimate of drug-likeness (QED) is 0.772. The molecule has 0 aliphatic carbocycles. The van der Waals surface area contributed by atoms with Gasteiger partial charge in [-0.15, -0.1) is 0 Å². The summed E-state index contributed by atoms with van der Waals surface area (Å²) in [6.45, 7) is 7.41. The Labute approximate surface area is 93.0 Å². The molecule has 0 saturated carbocycles. The third-order valence-electron chi connectivity index (χ3n) is 2.14. The highest BCUT2D eigenvalue weighted by molar-refractivity contribution is 5.50. The van der Waals surface area contributed by atoms with Crippen molar-refractivity contribution in [1.82, 2.24) is 0 Å². The fourth-order valence-electron chi connectivity index (χ4n) is 1.29. The minimum absolute atomic E-state index is 0.230. The highest BCUT2D eigenvalue weighted by Gasteiger charge is 2.32. The first-order chi connectivity index (χ1) is 7.30. The largest absolute Gasteiger partial charge is 0.416 e. The minimum Gasteiger partial charge on any atom is -0.381 e. The van der Waals surface area contributed by atoms with Gasteiger partial charge in [-0.25, -0.2) is 0 Å². The number of halogens is 3. The molecule has 0 heterocycles. The summed E-state index contributed by atoms with van der Waals surface area (Å²) in [4.78, 5) is 0. The Balaban J connectivity index is 2.94. The topological polar surface area (TPSA) is 12.0 Å². The predicted molar refractivity (Wildman–Crippen MR) is 59.5 cm³/mol. The van der Waals surface area contributed by atoms with Crippen LogP contribution in [0.5, 0.6) is 0 Å². The number of rotatable bonds is 3. The molecule has 0 aliphatic rings. The summed E-state index contributed by atoms with van der Waals surface area (Å²) in [6.07, 6.45) is -4.30. The fraction of sp³-hybridized carbons (Fsp3) is 0.333. The second-order valence-corrected chi connectivity index (χ2v) is 3.84. The zero-order chi connectivity index (χ0) is 12.3. The van der Waals surface area contributed by atoms with Crippen LogP contribution in [0, 0.1) is 6.92 Å². The van der Waals surface area contributed by atoms with Gasteiger partial charge < -0.3 is 5.32 Å². The van der Waals surface area contributed by atoms with Gasteiger partial charge in [-0.05, 0) is 31.5 Å². The Bertz CT molecular complexity index is 394. The van der Waals surface area contributed by atoms with Gasteiger partial charge in [-0.3, -0.25) is 0 Å². The summed E-state index contributed by atoms with van der Waals surface area (Å²) in [6, 6.07) is 4.22.